The Hall–Kier alpha value is -1.10. The molecular formula is C8H12N2O3. The summed E-state index contributed by atoms with van der Waals surface area (Å²) in [4.78, 5) is 22.3. The minimum atomic E-state index is -1.37. The fourth-order valence-corrected chi connectivity index (χ4v) is 2.02. The molecule has 2 atom stereocenters. The van der Waals surface area contributed by atoms with E-state index in [1.165, 1.54) is 0 Å². The number of aliphatic hydroxyl groups is 1. The van der Waals surface area contributed by atoms with Crippen molar-refractivity contribution < 1.29 is 14.7 Å². The molecule has 2 fully saturated rings. The van der Waals surface area contributed by atoms with Crippen LogP contribution in [0, 0.1) is 0 Å². The Morgan fingerprint density at radius 2 is 2.15 bits per heavy atom. The first kappa shape index (κ1) is 8.50. The van der Waals surface area contributed by atoms with Crippen molar-refractivity contribution in [1.29, 1.82) is 0 Å². The van der Waals surface area contributed by atoms with Gasteiger partial charge in [-0.05, 0) is 19.3 Å². The van der Waals surface area contributed by atoms with Crippen LogP contribution in [0.3, 0.4) is 0 Å². The number of hydrogen-bond acceptors (Lipinski definition) is 3. The Kier molecular flexibility index (Phi) is 1.76. The molecule has 5 nitrogen and oxygen atoms in total. The van der Waals surface area contributed by atoms with E-state index in [0.717, 1.165) is 12.8 Å². The fourth-order valence-electron chi connectivity index (χ4n) is 2.02. The number of rotatable bonds is 0. The molecule has 72 valence electrons. The number of carbonyl (C=O) groups is 2. The molecule has 2 rings (SSSR count). The van der Waals surface area contributed by atoms with Crippen molar-refractivity contribution in [2.45, 2.75) is 37.3 Å². The smallest absolute Gasteiger partial charge is 0.321 e. The summed E-state index contributed by atoms with van der Waals surface area (Å²) in [5.74, 6) is -0.555. The van der Waals surface area contributed by atoms with E-state index < -0.39 is 23.6 Å². The van der Waals surface area contributed by atoms with E-state index in [1.807, 2.05) is 0 Å². The van der Waals surface area contributed by atoms with Crippen molar-refractivity contribution in [2.24, 2.45) is 0 Å². The van der Waals surface area contributed by atoms with Gasteiger partial charge in [-0.25, -0.2) is 4.79 Å². The predicted octanol–water partition coefficient (Wildman–Crippen LogP) is -0.501. The van der Waals surface area contributed by atoms with Gasteiger partial charge in [-0.15, -0.1) is 0 Å². The third kappa shape index (κ3) is 1.19. The minimum absolute atomic E-state index is 0.400. The van der Waals surface area contributed by atoms with Gasteiger partial charge in [-0.1, -0.05) is 6.42 Å². The lowest BCUT2D eigenvalue weighted by Crippen LogP contribution is -2.69. The first-order chi connectivity index (χ1) is 6.13. The Morgan fingerprint density at radius 3 is 2.92 bits per heavy atom. The van der Waals surface area contributed by atoms with Crippen LogP contribution in [-0.4, -0.2) is 28.7 Å². The molecular weight excluding hydrogens is 172 g/mol. The monoisotopic (exact) mass is 184 g/mol. The maximum Gasteiger partial charge on any atom is 0.321 e. The molecule has 0 spiro atoms. The van der Waals surface area contributed by atoms with Crippen molar-refractivity contribution in [1.82, 2.24) is 10.6 Å². The van der Waals surface area contributed by atoms with Crippen LogP contribution >= 0.6 is 0 Å². The van der Waals surface area contributed by atoms with Crippen molar-refractivity contribution in [2.75, 3.05) is 0 Å². The molecule has 1 saturated heterocycles. The zero-order chi connectivity index (χ0) is 9.47. The predicted molar refractivity (Wildman–Crippen MR) is 43.9 cm³/mol. The molecule has 0 aromatic carbocycles. The Morgan fingerprint density at radius 1 is 1.38 bits per heavy atom. The van der Waals surface area contributed by atoms with Crippen molar-refractivity contribution in [3.8, 4) is 0 Å². The summed E-state index contributed by atoms with van der Waals surface area (Å²) < 4.78 is 0. The molecule has 1 heterocycles. The van der Waals surface area contributed by atoms with E-state index in [1.54, 1.807) is 0 Å². The van der Waals surface area contributed by atoms with Crippen LogP contribution in [0.25, 0.3) is 0 Å². The maximum atomic E-state index is 11.3. The van der Waals surface area contributed by atoms with E-state index in [9.17, 15) is 14.7 Å². The normalized spacial score (nSPS) is 39.0. The van der Waals surface area contributed by atoms with Crippen LogP contribution in [0.4, 0.5) is 4.79 Å². The molecule has 3 amide bonds. The van der Waals surface area contributed by atoms with E-state index in [-0.39, 0.29) is 0 Å². The summed E-state index contributed by atoms with van der Waals surface area (Å²) in [7, 11) is 0. The first-order valence-electron chi connectivity index (χ1n) is 4.47. The van der Waals surface area contributed by atoms with Crippen LogP contribution in [0.5, 0.6) is 0 Å². The van der Waals surface area contributed by atoms with Crippen LogP contribution in [0.15, 0.2) is 0 Å². The second kappa shape index (κ2) is 2.70. The molecule has 0 bridgehead atoms. The molecule has 13 heavy (non-hydrogen) atoms. The molecule has 2 aliphatic rings. The van der Waals surface area contributed by atoms with Gasteiger partial charge in [-0.3, -0.25) is 10.1 Å². The SMILES string of the molecule is O=C1NC(=O)C2(O)CCCCC2N1. The average Bonchev–Trinajstić information content (AvgIpc) is 2.07. The van der Waals surface area contributed by atoms with Gasteiger partial charge in [0.2, 0.25) is 0 Å². The Bertz CT molecular complexity index is 266. The van der Waals surface area contributed by atoms with Gasteiger partial charge < -0.3 is 10.4 Å². The highest BCUT2D eigenvalue weighted by molar-refractivity contribution is 6.02. The number of fused-ring (bicyclic) bond motifs is 1. The maximum absolute atomic E-state index is 11.3. The lowest BCUT2D eigenvalue weighted by atomic mass is 9.78. The summed E-state index contributed by atoms with van der Waals surface area (Å²) in [5.41, 5.74) is -1.37. The highest BCUT2D eigenvalue weighted by atomic mass is 16.3. The number of nitrogens with one attached hydrogen (secondary N) is 2. The molecule has 5 heteroatoms. The summed E-state index contributed by atoms with van der Waals surface area (Å²) in [6, 6.07) is -0.899. The van der Waals surface area contributed by atoms with Crippen LogP contribution < -0.4 is 10.6 Å². The van der Waals surface area contributed by atoms with Gasteiger partial charge in [0.15, 0.2) is 5.60 Å². The van der Waals surface area contributed by atoms with E-state index in [0.29, 0.717) is 12.8 Å². The number of hydrogen-bond donors (Lipinski definition) is 3. The van der Waals surface area contributed by atoms with Crippen molar-refractivity contribution in [3.05, 3.63) is 0 Å². The topological polar surface area (TPSA) is 78.4 Å². The Balaban J connectivity index is 2.25. The van der Waals surface area contributed by atoms with Crippen molar-refractivity contribution >= 4 is 11.9 Å². The van der Waals surface area contributed by atoms with Gasteiger partial charge in [0.25, 0.3) is 5.91 Å². The summed E-state index contributed by atoms with van der Waals surface area (Å²) in [6.07, 6.45) is 2.89. The molecule has 2 unspecified atom stereocenters. The number of carbonyl (C=O) groups excluding carboxylic acids is 2. The molecule has 1 saturated carbocycles. The summed E-state index contributed by atoms with van der Waals surface area (Å²) in [5, 5.41) is 14.6. The molecule has 1 aliphatic heterocycles. The molecule has 0 radical (unpaired) electrons. The number of amides is 3. The zero-order valence-electron chi connectivity index (χ0n) is 7.17. The standard InChI is InChI=1S/C8H12N2O3/c11-6-8(13)4-2-1-3-5(8)9-7(12)10-6/h5,13H,1-4H2,(H2,9,10,11,12). The van der Waals surface area contributed by atoms with Gasteiger partial charge >= 0.3 is 6.03 Å². The van der Waals surface area contributed by atoms with E-state index in [4.69, 9.17) is 0 Å². The molecule has 1 aliphatic carbocycles. The molecule has 3 N–H and O–H groups in total. The lowest BCUT2D eigenvalue weighted by molar-refractivity contribution is -0.147. The van der Waals surface area contributed by atoms with Gasteiger partial charge in [0.05, 0.1) is 6.04 Å². The van der Waals surface area contributed by atoms with Crippen LogP contribution in [0.1, 0.15) is 25.7 Å². The minimum Gasteiger partial charge on any atom is -0.378 e. The van der Waals surface area contributed by atoms with Crippen LogP contribution in [-0.2, 0) is 4.79 Å². The Labute approximate surface area is 75.5 Å². The fraction of sp³-hybridized carbons (Fsp3) is 0.750. The second-order valence-corrected chi connectivity index (χ2v) is 3.65. The first-order valence-corrected chi connectivity index (χ1v) is 4.47. The van der Waals surface area contributed by atoms with Crippen LogP contribution in [0.2, 0.25) is 0 Å². The third-order valence-corrected chi connectivity index (χ3v) is 2.80. The van der Waals surface area contributed by atoms with Gasteiger partial charge in [0, 0.05) is 0 Å². The highest BCUT2D eigenvalue weighted by Gasteiger charge is 2.49. The number of urea groups is 1. The van der Waals surface area contributed by atoms with E-state index >= 15 is 0 Å². The molecule has 0 aromatic rings. The molecule has 0 aromatic heterocycles. The third-order valence-electron chi connectivity index (χ3n) is 2.80. The average molecular weight is 184 g/mol. The van der Waals surface area contributed by atoms with Gasteiger partial charge in [0.1, 0.15) is 0 Å². The highest BCUT2D eigenvalue weighted by Crippen LogP contribution is 2.30. The quantitative estimate of drug-likeness (QED) is 0.475. The lowest BCUT2D eigenvalue weighted by Gasteiger charge is -2.41. The number of imide groups is 1. The zero-order valence-corrected chi connectivity index (χ0v) is 7.17. The van der Waals surface area contributed by atoms with Gasteiger partial charge in [-0.2, -0.15) is 0 Å². The van der Waals surface area contributed by atoms with E-state index in [2.05, 4.69) is 10.6 Å². The second-order valence-electron chi connectivity index (χ2n) is 3.65. The largest absolute Gasteiger partial charge is 0.378 e. The van der Waals surface area contributed by atoms with Crippen molar-refractivity contribution in [3.63, 3.8) is 0 Å². The summed E-state index contributed by atoms with van der Waals surface area (Å²) >= 11 is 0. The summed E-state index contributed by atoms with van der Waals surface area (Å²) in [6.45, 7) is 0.